The van der Waals surface area contributed by atoms with E-state index in [2.05, 4.69) is 0 Å². The van der Waals surface area contributed by atoms with Crippen LogP contribution in [0.4, 0.5) is 4.79 Å². The number of ether oxygens (including phenoxy) is 1. The minimum Gasteiger partial charge on any atom is -0.465 e. The average molecular weight is 404 g/mol. The highest BCUT2D eigenvalue weighted by Crippen LogP contribution is 2.36. The third-order valence-electron chi connectivity index (χ3n) is 4.85. The fourth-order valence-electron chi connectivity index (χ4n) is 3.24. The van der Waals surface area contributed by atoms with Gasteiger partial charge in [-0.1, -0.05) is 50.0 Å². The molecule has 1 saturated heterocycles. The maximum Gasteiger partial charge on any atom is 0.407 e. The molecule has 3 atom stereocenters. The largest absolute Gasteiger partial charge is 0.465 e. The van der Waals surface area contributed by atoms with E-state index in [1.165, 1.54) is 4.90 Å². The van der Waals surface area contributed by atoms with E-state index < -0.39 is 6.09 Å². The van der Waals surface area contributed by atoms with E-state index in [-0.39, 0.29) is 30.1 Å². The second-order valence-electron chi connectivity index (χ2n) is 7.86. The Hall–Kier alpha value is -1.01. The van der Waals surface area contributed by atoms with Gasteiger partial charge in [0.2, 0.25) is 0 Å². The summed E-state index contributed by atoms with van der Waals surface area (Å²) in [6.45, 7) is 6.82. The van der Waals surface area contributed by atoms with Gasteiger partial charge in [-0.15, -0.1) is 0 Å². The molecule has 0 aromatic heterocycles. The van der Waals surface area contributed by atoms with Gasteiger partial charge in [0.05, 0.1) is 28.8 Å². The Morgan fingerprint density at radius 3 is 2.50 bits per heavy atom. The van der Waals surface area contributed by atoms with Gasteiger partial charge in [-0.3, -0.25) is 0 Å². The normalized spacial score (nSPS) is 24.4. The molecule has 1 aliphatic rings. The number of rotatable bonds is 4. The van der Waals surface area contributed by atoms with Crippen LogP contribution in [0.15, 0.2) is 18.2 Å². The Labute approximate surface area is 164 Å². The first kappa shape index (κ1) is 21.3. The lowest BCUT2D eigenvalue weighted by molar-refractivity contribution is -0.0701. The number of halogens is 2. The summed E-state index contributed by atoms with van der Waals surface area (Å²) in [5, 5.41) is 19.8. The maximum atomic E-state index is 11.8. The summed E-state index contributed by atoms with van der Waals surface area (Å²) in [5.74, 6) is -0.181. The summed E-state index contributed by atoms with van der Waals surface area (Å²) in [6.07, 6.45) is -0.188. The molecule has 26 heavy (non-hydrogen) atoms. The second kappa shape index (κ2) is 8.79. The molecule has 0 radical (unpaired) electrons. The number of benzene rings is 1. The first-order valence-corrected chi connectivity index (χ1v) is 9.58. The standard InChI is InChI=1S/C19H27Cl2NO4/c1-19(2,3)17-11-22(18(24)25)10-13(16(26-17)5-4-8-23)12-6-7-14(20)15(21)9-12/h6-7,9,13,16-17,23H,4-5,8,10-11H2,1-3H3,(H,24,25)/t13-,16-,17-/m1/s1. The van der Waals surface area contributed by atoms with E-state index in [1.807, 2.05) is 26.8 Å². The highest BCUT2D eigenvalue weighted by Gasteiger charge is 2.39. The first-order valence-electron chi connectivity index (χ1n) is 8.82. The minimum absolute atomic E-state index is 0.0663. The van der Waals surface area contributed by atoms with Crippen LogP contribution in [0.25, 0.3) is 0 Å². The molecule has 0 unspecified atom stereocenters. The maximum absolute atomic E-state index is 11.8. The van der Waals surface area contributed by atoms with Crippen LogP contribution in [0.2, 0.25) is 10.0 Å². The average Bonchev–Trinajstić information content (AvgIpc) is 2.75. The van der Waals surface area contributed by atoms with Gasteiger partial charge in [0.1, 0.15) is 0 Å². The van der Waals surface area contributed by atoms with Crippen LogP contribution in [0.1, 0.15) is 45.1 Å². The van der Waals surface area contributed by atoms with Crippen molar-refractivity contribution in [1.29, 1.82) is 0 Å². The monoisotopic (exact) mass is 403 g/mol. The summed E-state index contributed by atoms with van der Waals surface area (Å²) in [4.78, 5) is 13.2. The zero-order chi connectivity index (χ0) is 19.5. The molecule has 1 heterocycles. The van der Waals surface area contributed by atoms with E-state index >= 15 is 0 Å². The number of carbonyl (C=O) groups is 1. The molecule has 0 saturated carbocycles. The molecule has 2 N–H and O–H groups in total. The van der Waals surface area contributed by atoms with E-state index in [4.69, 9.17) is 27.9 Å². The molecular formula is C19H27Cl2NO4. The number of hydrogen-bond acceptors (Lipinski definition) is 3. The predicted molar refractivity (Wildman–Crippen MR) is 103 cm³/mol. The highest BCUT2D eigenvalue weighted by atomic mass is 35.5. The quantitative estimate of drug-likeness (QED) is 0.767. The number of nitrogens with zero attached hydrogens (tertiary/aromatic N) is 1. The van der Waals surface area contributed by atoms with Crippen molar-refractivity contribution < 1.29 is 19.7 Å². The van der Waals surface area contributed by atoms with Gasteiger partial charge in [0.25, 0.3) is 0 Å². The van der Waals surface area contributed by atoms with Crippen molar-refractivity contribution in [3.8, 4) is 0 Å². The van der Waals surface area contributed by atoms with E-state index in [0.717, 1.165) is 5.56 Å². The van der Waals surface area contributed by atoms with Crippen LogP contribution >= 0.6 is 23.2 Å². The summed E-state index contributed by atoms with van der Waals surface area (Å²) in [7, 11) is 0. The highest BCUT2D eigenvalue weighted by molar-refractivity contribution is 6.42. The summed E-state index contributed by atoms with van der Waals surface area (Å²) >= 11 is 12.2. The Morgan fingerprint density at radius 2 is 1.96 bits per heavy atom. The van der Waals surface area contributed by atoms with Crippen molar-refractivity contribution in [3.63, 3.8) is 0 Å². The zero-order valence-corrected chi connectivity index (χ0v) is 16.9. The number of aliphatic hydroxyl groups is 1. The van der Waals surface area contributed by atoms with Crippen LogP contribution in [0.5, 0.6) is 0 Å². The Balaban J connectivity index is 2.42. The minimum atomic E-state index is -0.962. The van der Waals surface area contributed by atoms with Crippen LogP contribution in [0.3, 0.4) is 0 Å². The van der Waals surface area contributed by atoms with Gasteiger partial charge in [-0.25, -0.2) is 4.79 Å². The van der Waals surface area contributed by atoms with Gasteiger partial charge >= 0.3 is 6.09 Å². The Kier molecular flexibility index (Phi) is 7.19. The van der Waals surface area contributed by atoms with Crippen molar-refractivity contribution in [2.24, 2.45) is 5.41 Å². The van der Waals surface area contributed by atoms with Crippen LogP contribution in [0, 0.1) is 5.41 Å². The molecule has 1 aliphatic heterocycles. The smallest absolute Gasteiger partial charge is 0.407 e. The first-order chi connectivity index (χ1) is 12.1. The van der Waals surface area contributed by atoms with E-state index in [1.54, 1.807) is 12.1 Å². The van der Waals surface area contributed by atoms with Crippen molar-refractivity contribution in [3.05, 3.63) is 33.8 Å². The van der Waals surface area contributed by atoms with Crippen molar-refractivity contribution >= 4 is 29.3 Å². The molecule has 7 heteroatoms. The summed E-state index contributed by atoms with van der Waals surface area (Å²) in [5.41, 5.74) is 0.681. The van der Waals surface area contributed by atoms with Crippen LogP contribution < -0.4 is 0 Å². The van der Waals surface area contributed by atoms with Gasteiger partial charge in [-0.2, -0.15) is 0 Å². The number of hydrogen-bond donors (Lipinski definition) is 2. The molecule has 1 aromatic carbocycles. The van der Waals surface area contributed by atoms with E-state index in [0.29, 0.717) is 36.0 Å². The SMILES string of the molecule is CC(C)(C)[C@H]1CN(C(=O)O)C[C@H](c2ccc(Cl)c(Cl)c2)[C@@H](CCCO)O1. The third-order valence-corrected chi connectivity index (χ3v) is 5.59. The fourth-order valence-corrected chi connectivity index (χ4v) is 3.54. The van der Waals surface area contributed by atoms with Crippen molar-refractivity contribution in [2.75, 3.05) is 19.7 Å². The lowest BCUT2D eigenvalue weighted by Gasteiger charge is -2.34. The molecular weight excluding hydrogens is 377 g/mol. The number of carboxylic acid groups (broad SMARTS) is 1. The van der Waals surface area contributed by atoms with Crippen molar-refractivity contribution in [2.45, 2.75) is 51.7 Å². The van der Waals surface area contributed by atoms with Crippen molar-refractivity contribution in [1.82, 2.24) is 4.90 Å². The molecule has 146 valence electrons. The number of aliphatic hydroxyl groups excluding tert-OH is 1. The van der Waals surface area contributed by atoms with Gasteiger partial charge < -0.3 is 19.8 Å². The van der Waals surface area contributed by atoms with Crippen LogP contribution in [-0.4, -0.2) is 53.1 Å². The second-order valence-corrected chi connectivity index (χ2v) is 8.68. The van der Waals surface area contributed by atoms with Gasteiger partial charge in [0, 0.05) is 19.1 Å². The topological polar surface area (TPSA) is 70.0 Å². The molecule has 0 bridgehead atoms. The van der Waals surface area contributed by atoms with Gasteiger partial charge in [-0.05, 0) is 36.0 Å². The molecule has 1 fully saturated rings. The fraction of sp³-hybridized carbons (Fsp3) is 0.632. The Bertz CT molecular complexity index is 632. The molecule has 2 rings (SSSR count). The molecule has 5 nitrogen and oxygen atoms in total. The zero-order valence-electron chi connectivity index (χ0n) is 15.4. The summed E-state index contributed by atoms with van der Waals surface area (Å²) < 4.78 is 6.40. The predicted octanol–water partition coefficient (Wildman–Crippen LogP) is 4.64. The van der Waals surface area contributed by atoms with Crippen LogP contribution in [-0.2, 0) is 4.74 Å². The third kappa shape index (κ3) is 5.26. The lowest BCUT2D eigenvalue weighted by atomic mass is 9.88. The lowest BCUT2D eigenvalue weighted by Crippen LogP contribution is -2.42. The van der Waals surface area contributed by atoms with E-state index in [9.17, 15) is 15.0 Å². The molecule has 0 spiro atoms. The molecule has 0 aliphatic carbocycles. The number of amides is 1. The van der Waals surface area contributed by atoms with Gasteiger partial charge in [0.15, 0.2) is 0 Å². The summed E-state index contributed by atoms with van der Waals surface area (Å²) in [6, 6.07) is 5.37. The Morgan fingerprint density at radius 1 is 1.27 bits per heavy atom. The molecule has 1 aromatic rings. The molecule has 1 amide bonds.